The van der Waals surface area contributed by atoms with Crippen molar-refractivity contribution >= 4 is 21.6 Å². The first-order chi connectivity index (χ1) is 13.3. The Labute approximate surface area is 175 Å². The van der Waals surface area contributed by atoms with Crippen LogP contribution in [0.2, 0.25) is 0 Å². The smallest absolute Gasteiger partial charge is 0.241 e. The molecule has 0 radical (unpaired) electrons. The zero-order chi connectivity index (χ0) is 22.0. The van der Waals surface area contributed by atoms with Crippen LogP contribution in [0.25, 0.3) is 0 Å². The molecule has 1 N–H and O–H groups in total. The van der Waals surface area contributed by atoms with Crippen molar-refractivity contribution in [2.24, 2.45) is 0 Å². The number of sulfonamides is 1. The minimum Gasteiger partial charge on any atom is -0.348 e. The quantitative estimate of drug-likeness (QED) is 0.766. The van der Waals surface area contributed by atoms with Gasteiger partial charge < -0.3 is 5.32 Å². The SMILES string of the molecule is Cc1ccc(N(CC(=O)NC(C)c2ccc(C(C)(C)C)cc2)S(C)(=O)=O)c(C)c1. The lowest BCUT2D eigenvalue weighted by atomic mass is 9.86. The van der Waals surface area contributed by atoms with Gasteiger partial charge in [0.15, 0.2) is 0 Å². The van der Waals surface area contributed by atoms with Gasteiger partial charge in [0.25, 0.3) is 0 Å². The number of hydrogen-bond donors (Lipinski definition) is 1. The van der Waals surface area contributed by atoms with E-state index in [4.69, 9.17) is 0 Å². The minimum absolute atomic E-state index is 0.0624. The van der Waals surface area contributed by atoms with Gasteiger partial charge in [0.05, 0.1) is 18.0 Å². The maximum atomic E-state index is 12.6. The first kappa shape index (κ1) is 22.9. The van der Waals surface area contributed by atoms with E-state index < -0.39 is 10.0 Å². The summed E-state index contributed by atoms with van der Waals surface area (Å²) >= 11 is 0. The van der Waals surface area contributed by atoms with Crippen molar-refractivity contribution in [1.29, 1.82) is 0 Å². The number of carbonyl (C=O) groups excluding carboxylic acids is 1. The minimum atomic E-state index is -3.60. The fourth-order valence-electron chi connectivity index (χ4n) is 3.24. The average Bonchev–Trinajstić information content (AvgIpc) is 2.58. The Bertz CT molecular complexity index is 974. The number of aryl methyl sites for hydroxylation is 2. The number of rotatable bonds is 6. The Morgan fingerprint density at radius 2 is 1.66 bits per heavy atom. The Morgan fingerprint density at radius 1 is 1.07 bits per heavy atom. The fourth-order valence-corrected chi connectivity index (χ4v) is 4.15. The molecule has 1 unspecified atom stereocenters. The van der Waals surface area contributed by atoms with E-state index in [0.717, 1.165) is 27.3 Å². The van der Waals surface area contributed by atoms with Crippen molar-refractivity contribution < 1.29 is 13.2 Å². The molecule has 6 heteroatoms. The van der Waals surface area contributed by atoms with Crippen LogP contribution in [0.1, 0.15) is 56.0 Å². The van der Waals surface area contributed by atoms with Crippen LogP contribution in [-0.4, -0.2) is 27.1 Å². The molecule has 0 aliphatic carbocycles. The topological polar surface area (TPSA) is 66.5 Å². The zero-order valence-corrected chi connectivity index (χ0v) is 19.2. The molecule has 0 spiro atoms. The highest BCUT2D eigenvalue weighted by molar-refractivity contribution is 7.92. The van der Waals surface area contributed by atoms with Crippen LogP contribution in [0.15, 0.2) is 42.5 Å². The van der Waals surface area contributed by atoms with Gasteiger partial charge in [0.1, 0.15) is 6.54 Å². The molecule has 0 aromatic heterocycles. The van der Waals surface area contributed by atoms with Crippen LogP contribution in [0.5, 0.6) is 0 Å². The number of nitrogens with zero attached hydrogens (tertiary/aromatic N) is 1. The predicted octanol–water partition coefficient (Wildman–Crippen LogP) is 4.24. The Morgan fingerprint density at radius 3 is 2.14 bits per heavy atom. The van der Waals surface area contributed by atoms with E-state index in [9.17, 15) is 13.2 Å². The van der Waals surface area contributed by atoms with Crippen LogP contribution in [0.3, 0.4) is 0 Å². The summed E-state index contributed by atoms with van der Waals surface area (Å²) in [5.74, 6) is -0.345. The second-order valence-corrected chi connectivity index (χ2v) is 10.6. The third-order valence-electron chi connectivity index (χ3n) is 4.96. The molecule has 1 amide bonds. The van der Waals surface area contributed by atoms with Crippen molar-refractivity contribution in [3.63, 3.8) is 0 Å². The van der Waals surface area contributed by atoms with Crippen molar-refractivity contribution in [2.45, 2.75) is 53.0 Å². The molecule has 0 heterocycles. The van der Waals surface area contributed by atoms with Gasteiger partial charge in [-0.2, -0.15) is 0 Å². The highest BCUT2D eigenvalue weighted by Gasteiger charge is 2.23. The molecular formula is C23H32N2O3S. The van der Waals surface area contributed by atoms with Crippen molar-refractivity contribution in [2.75, 3.05) is 17.1 Å². The molecule has 0 aliphatic rings. The van der Waals surface area contributed by atoms with E-state index in [2.05, 4.69) is 38.2 Å². The van der Waals surface area contributed by atoms with Crippen LogP contribution in [0.4, 0.5) is 5.69 Å². The molecule has 29 heavy (non-hydrogen) atoms. The molecule has 2 aromatic carbocycles. The number of nitrogens with one attached hydrogen (secondary N) is 1. The first-order valence-electron chi connectivity index (χ1n) is 9.74. The predicted molar refractivity (Wildman–Crippen MR) is 120 cm³/mol. The monoisotopic (exact) mass is 416 g/mol. The normalized spacial score (nSPS) is 13.1. The van der Waals surface area contributed by atoms with E-state index in [0.29, 0.717) is 5.69 Å². The molecule has 0 bridgehead atoms. The molecule has 2 rings (SSSR count). The van der Waals surface area contributed by atoms with E-state index in [-0.39, 0.29) is 23.9 Å². The van der Waals surface area contributed by atoms with E-state index in [1.165, 1.54) is 5.56 Å². The van der Waals surface area contributed by atoms with E-state index in [1.807, 2.05) is 45.0 Å². The van der Waals surface area contributed by atoms with Crippen LogP contribution >= 0.6 is 0 Å². The summed E-state index contributed by atoms with van der Waals surface area (Å²) in [6, 6.07) is 13.4. The van der Waals surface area contributed by atoms with Gasteiger partial charge in [-0.25, -0.2) is 8.42 Å². The summed E-state index contributed by atoms with van der Waals surface area (Å²) in [5.41, 5.74) is 4.63. The molecule has 2 aromatic rings. The number of benzene rings is 2. The molecular weight excluding hydrogens is 384 g/mol. The lowest BCUT2D eigenvalue weighted by molar-refractivity contribution is -0.120. The van der Waals surface area contributed by atoms with Gasteiger partial charge >= 0.3 is 0 Å². The summed E-state index contributed by atoms with van der Waals surface area (Å²) in [5, 5.41) is 2.91. The molecule has 0 aliphatic heterocycles. The van der Waals surface area contributed by atoms with Crippen molar-refractivity contribution in [1.82, 2.24) is 5.32 Å². The Balaban J connectivity index is 2.16. The van der Waals surface area contributed by atoms with Gasteiger partial charge in [0, 0.05) is 0 Å². The second-order valence-electron chi connectivity index (χ2n) is 8.72. The summed E-state index contributed by atoms with van der Waals surface area (Å²) < 4.78 is 25.8. The Hall–Kier alpha value is -2.34. The van der Waals surface area contributed by atoms with Crippen molar-refractivity contribution in [3.05, 3.63) is 64.7 Å². The third-order valence-corrected chi connectivity index (χ3v) is 6.09. The summed E-state index contributed by atoms with van der Waals surface area (Å²) in [6.45, 7) is 11.9. The fraction of sp³-hybridized carbons (Fsp3) is 0.435. The summed E-state index contributed by atoms with van der Waals surface area (Å²) in [4.78, 5) is 12.6. The Kier molecular flexibility index (Phi) is 6.78. The van der Waals surface area contributed by atoms with E-state index in [1.54, 1.807) is 6.07 Å². The van der Waals surface area contributed by atoms with Gasteiger partial charge in [-0.05, 0) is 48.9 Å². The van der Waals surface area contributed by atoms with Crippen LogP contribution in [-0.2, 0) is 20.2 Å². The average molecular weight is 417 g/mol. The van der Waals surface area contributed by atoms with E-state index >= 15 is 0 Å². The maximum absolute atomic E-state index is 12.6. The summed E-state index contributed by atoms with van der Waals surface area (Å²) in [7, 11) is -3.60. The first-order valence-corrected chi connectivity index (χ1v) is 11.6. The number of amides is 1. The standard InChI is InChI=1S/C23H32N2O3S/c1-16-8-13-21(17(2)14-16)25(29(7,27)28)15-22(26)24-18(3)19-9-11-20(12-10-19)23(4,5)6/h8-14,18H,15H2,1-7H3,(H,24,26). The highest BCUT2D eigenvalue weighted by Crippen LogP contribution is 2.25. The number of hydrogen-bond acceptors (Lipinski definition) is 3. The lowest BCUT2D eigenvalue weighted by Gasteiger charge is -2.25. The zero-order valence-electron chi connectivity index (χ0n) is 18.4. The molecule has 158 valence electrons. The highest BCUT2D eigenvalue weighted by atomic mass is 32.2. The molecule has 5 nitrogen and oxygen atoms in total. The third kappa shape index (κ3) is 6.07. The summed E-state index contributed by atoms with van der Waals surface area (Å²) in [6.07, 6.45) is 1.12. The van der Waals surface area contributed by atoms with Gasteiger partial charge in [0.2, 0.25) is 15.9 Å². The molecule has 0 saturated heterocycles. The second kappa shape index (κ2) is 8.57. The van der Waals surface area contributed by atoms with Crippen LogP contribution < -0.4 is 9.62 Å². The number of anilines is 1. The molecule has 0 saturated carbocycles. The lowest BCUT2D eigenvalue weighted by Crippen LogP contribution is -2.41. The van der Waals surface area contributed by atoms with Crippen LogP contribution in [0, 0.1) is 13.8 Å². The molecule has 1 atom stereocenters. The van der Waals surface area contributed by atoms with Gasteiger partial charge in [-0.15, -0.1) is 0 Å². The van der Waals surface area contributed by atoms with Crippen molar-refractivity contribution in [3.8, 4) is 0 Å². The van der Waals surface area contributed by atoms with Gasteiger partial charge in [-0.3, -0.25) is 9.10 Å². The number of carbonyl (C=O) groups is 1. The van der Waals surface area contributed by atoms with Gasteiger partial charge in [-0.1, -0.05) is 62.7 Å². The molecule has 0 fully saturated rings. The largest absolute Gasteiger partial charge is 0.348 e. The maximum Gasteiger partial charge on any atom is 0.241 e.